The number of hydrogen-bond donors (Lipinski definition) is 2. The largest absolute Gasteiger partial charge is 0.460 e. The number of rotatable bonds is 5. The van der Waals surface area contributed by atoms with E-state index in [-0.39, 0.29) is 30.6 Å². The second-order valence-electron chi connectivity index (χ2n) is 5.57. The summed E-state index contributed by atoms with van der Waals surface area (Å²) in [6, 6.07) is 10.4. The molecule has 1 aromatic carbocycles. The molecule has 0 unspecified atom stereocenters. The van der Waals surface area contributed by atoms with Crippen molar-refractivity contribution >= 4 is 24.8 Å². The van der Waals surface area contributed by atoms with Gasteiger partial charge in [-0.05, 0) is 62.7 Å². The van der Waals surface area contributed by atoms with Crippen molar-refractivity contribution in [3.63, 3.8) is 0 Å². The average Bonchev–Trinajstić information content (AvgIpc) is 2.97. The molecule has 2 aromatic rings. The highest BCUT2D eigenvalue weighted by atomic mass is 35.5. The van der Waals surface area contributed by atoms with Crippen molar-refractivity contribution < 1.29 is 8.81 Å². The molecule has 2 N–H and O–H groups in total. The molecule has 3 nitrogen and oxygen atoms in total. The van der Waals surface area contributed by atoms with Gasteiger partial charge >= 0.3 is 0 Å². The Morgan fingerprint density at radius 2 is 1.83 bits per heavy atom. The second-order valence-corrected chi connectivity index (χ2v) is 5.57. The van der Waals surface area contributed by atoms with E-state index in [1.54, 1.807) is 12.1 Å². The third-order valence-corrected chi connectivity index (χ3v) is 3.99. The molecule has 1 saturated heterocycles. The molecule has 6 heteroatoms. The lowest BCUT2D eigenvalue weighted by Gasteiger charge is -2.22. The Labute approximate surface area is 148 Å². The Hall–Kier alpha value is -1.07. The Balaban J connectivity index is 0.00000132. The zero-order valence-electron chi connectivity index (χ0n) is 12.9. The highest BCUT2D eigenvalue weighted by molar-refractivity contribution is 5.85. The van der Waals surface area contributed by atoms with Gasteiger partial charge < -0.3 is 15.1 Å². The molecule has 128 valence electrons. The van der Waals surface area contributed by atoms with Crippen LogP contribution >= 0.6 is 24.8 Å². The average molecular weight is 361 g/mol. The SMILES string of the molecule is Cl.Cl.Fc1ccccc1-c1ccc(CNCC2CCNCC2)o1. The van der Waals surface area contributed by atoms with Gasteiger partial charge in [0.05, 0.1) is 12.1 Å². The molecule has 3 rings (SSSR count). The first kappa shape index (κ1) is 20.0. The summed E-state index contributed by atoms with van der Waals surface area (Å²) in [6.45, 7) is 3.94. The van der Waals surface area contributed by atoms with Crippen LogP contribution < -0.4 is 10.6 Å². The van der Waals surface area contributed by atoms with Crippen LogP contribution in [0.5, 0.6) is 0 Å². The smallest absolute Gasteiger partial charge is 0.137 e. The van der Waals surface area contributed by atoms with Crippen molar-refractivity contribution in [3.8, 4) is 11.3 Å². The van der Waals surface area contributed by atoms with Gasteiger partial charge in [-0.2, -0.15) is 0 Å². The van der Waals surface area contributed by atoms with Crippen LogP contribution in [-0.4, -0.2) is 19.6 Å². The minimum absolute atomic E-state index is 0. The van der Waals surface area contributed by atoms with E-state index >= 15 is 0 Å². The quantitative estimate of drug-likeness (QED) is 0.845. The lowest BCUT2D eigenvalue weighted by Crippen LogP contribution is -2.33. The topological polar surface area (TPSA) is 37.2 Å². The molecule has 1 aromatic heterocycles. The summed E-state index contributed by atoms with van der Waals surface area (Å²) in [6.07, 6.45) is 2.46. The molecule has 23 heavy (non-hydrogen) atoms. The Morgan fingerprint density at radius 3 is 2.57 bits per heavy atom. The van der Waals surface area contributed by atoms with E-state index in [1.165, 1.54) is 18.9 Å². The van der Waals surface area contributed by atoms with Crippen molar-refractivity contribution in [1.29, 1.82) is 0 Å². The summed E-state index contributed by atoms with van der Waals surface area (Å²) in [4.78, 5) is 0. The van der Waals surface area contributed by atoms with Crippen LogP contribution in [0.1, 0.15) is 18.6 Å². The first-order valence-electron chi connectivity index (χ1n) is 7.58. The molecule has 1 aliphatic heterocycles. The third-order valence-electron chi connectivity index (χ3n) is 3.99. The lowest BCUT2D eigenvalue weighted by atomic mass is 9.98. The molecule has 0 radical (unpaired) electrons. The zero-order chi connectivity index (χ0) is 14.5. The van der Waals surface area contributed by atoms with E-state index in [0.29, 0.717) is 17.9 Å². The van der Waals surface area contributed by atoms with Crippen LogP contribution in [0, 0.1) is 11.7 Å². The molecule has 0 atom stereocenters. The molecule has 0 amide bonds. The summed E-state index contributed by atoms with van der Waals surface area (Å²) < 4.78 is 19.4. The van der Waals surface area contributed by atoms with Gasteiger partial charge in [0.2, 0.25) is 0 Å². The maximum absolute atomic E-state index is 13.7. The molecule has 1 aliphatic rings. The normalized spacial score (nSPS) is 14.8. The first-order valence-corrected chi connectivity index (χ1v) is 7.58. The van der Waals surface area contributed by atoms with Gasteiger partial charge in [-0.1, -0.05) is 12.1 Å². The first-order chi connectivity index (χ1) is 10.3. The maximum atomic E-state index is 13.7. The van der Waals surface area contributed by atoms with Crippen molar-refractivity contribution in [1.82, 2.24) is 10.6 Å². The van der Waals surface area contributed by atoms with Gasteiger partial charge in [-0.3, -0.25) is 0 Å². The van der Waals surface area contributed by atoms with Crippen molar-refractivity contribution in [2.45, 2.75) is 19.4 Å². The van der Waals surface area contributed by atoms with Gasteiger partial charge in [0, 0.05) is 0 Å². The van der Waals surface area contributed by atoms with Crippen LogP contribution in [0.15, 0.2) is 40.8 Å². The van der Waals surface area contributed by atoms with Crippen LogP contribution in [0.25, 0.3) is 11.3 Å². The number of halogens is 3. The zero-order valence-corrected chi connectivity index (χ0v) is 14.5. The highest BCUT2D eigenvalue weighted by Crippen LogP contribution is 2.24. The van der Waals surface area contributed by atoms with Crippen molar-refractivity contribution in [3.05, 3.63) is 48.0 Å². The van der Waals surface area contributed by atoms with E-state index in [4.69, 9.17) is 4.42 Å². The van der Waals surface area contributed by atoms with E-state index in [1.807, 2.05) is 18.2 Å². The van der Waals surface area contributed by atoms with Gasteiger partial charge in [0.1, 0.15) is 17.3 Å². The van der Waals surface area contributed by atoms with E-state index in [9.17, 15) is 4.39 Å². The Bertz CT molecular complexity index is 585. The van der Waals surface area contributed by atoms with Crippen molar-refractivity contribution in [2.75, 3.05) is 19.6 Å². The number of hydrogen-bond acceptors (Lipinski definition) is 3. The predicted molar refractivity (Wildman–Crippen MR) is 95.9 cm³/mol. The molecule has 2 heterocycles. The van der Waals surface area contributed by atoms with Crippen LogP contribution in [-0.2, 0) is 6.54 Å². The third kappa shape index (κ3) is 5.50. The molecular weight excluding hydrogens is 338 g/mol. The van der Waals surface area contributed by atoms with Gasteiger partial charge in [-0.25, -0.2) is 4.39 Å². The lowest BCUT2D eigenvalue weighted by molar-refractivity contribution is 0.350. The molecule has 0 saturated carbocycles. The molecule has 0 spiro atoms. The van der Waals surface area contributed by atoms with Gasteiger partial charge in [0.15, 0.2) is 0 Å². The van der Waals surface area contributed by atoms with Gasteiger partial charge in [-0.15, -0.1) is 24.8 Å². The van der Waals surface area contributed by atoms with E-state index < -0.39 is 0 Å². The number of piperidine rings is 1. The van der Waals surface area contributed by atoms with Crippen molar-refractivity contribution in [2.24, 2.45) is 5.92 Å². The predicted octanol–water partition coefficient (Wildman–Crippen LogP) is 4.02. The number of benzene rings is 1. The summed E-state index contributed by atoms with van der Waals surface area (Å²) >= 11 is 0. The summed E-state index contributed by atoms with van der Waals surface area (Å²) in [5, 5.41) is 6.80. The second kappa shape index (κ2) is 9.93. The maximum Gasteiger partial charge on any atom is 0.137 e. The fourth-order valence-electron chi connectivity index (χ4n) is 2.76. The minimum Gasteiger partial charge on any atom is -0.460 e. The number of nitrogens with one attached hydrogen (secondary N) is 2. The van der Waals surface area contributed by atoms with Gasteiger partial charge in [0.25, 0.3) is 0 Å². The summed E-state index contributed by atoms with van der Waals surface area (Å²) in [5.74, 6) is 1.93. The number of furan rings is 1. The highest BCUT2D eigenvalue weighted by Gasteiger charge is 2.13. The van der Waals surface area contributed by atoms with E-state index in [0.717, 1.165) is 31.3 Å². The Morgan fingerprint density at radius 1 is 1.09 bits per heavy atom. The molecule has 0 aliphatic carbocycles. The fourth-order valence-corrected chi connectivity index (χ4v) is 2.76. The van der Waals surface area contributed by atoms with Crippen LogP contribution in [0.2, 0.25) is 0 Å². The molecule has 0 bridgehead atoms. The fraction of sp³-hybridized carbons (Fsp3) is 0.412. The minimum atomic E-state index is -0.249. The molecule has 1 fully saturated rings. The van der Waals surface area contributed by atoms with Crippen LogP contribution in [0.3, 0.4) is 0 Å². The van der Waals surface area contributed by atoms with Crippen LogP contribution in [0.4, 0.5) is 4.39 Å². The van der Waals surface area contributed by atoms with E-state index in [2.05, 4.69) is 10.6 Å². The standard InChI is InChI=1S/C17H21FN2O.2ClH/c18-16-4-2-1-3-15(16)17-6-5-14(21-17)12-20-11-13-7-9-19-10-8-13;;/h1-6,13,19-20H,7-12H2;2*1H. The molecular formula is C17H23Cl2FN2O. The summed E-state index contributed by atoms with van der Waals surface area (Å²) in [5.41, 5.74) is 0.516. The summed E-state index contributed by atoms with van der Waals surface area (Å²) in [7, 11) is 0. The Kier molecular flexibility index (Phi) is 8.63. The monoisotopic (exact) mass is 360 g/mol.